The van der Waals surface area contributed by atoms with Crippen LogP contribution >= 0.6 is 0 Å². The minimum absolute atomic E-state index is 0.126. The Morgan fingerprint density at radius 2 is 2.00 bits per heavy atom. The molecule has 2 fully saturated rings. The van der Waals surface area contributed by atoms with Gasteiger partial charge < -0.3 is 24.2 Å². The van der Waals surface area contributed by atoms with E-state index in [2.05, 4.69) is 51.6 Å². The number of aryl methyl sites for hydroxylation is 1. The summed E-state index contributed by atoms with van der Waals surface area (Å²) in [6, 6.07) is 11.7. The van der Waals surface area contributed by atoms with Crippen molar-refractivity contribution >= 4 is 17.4 Å². The number of piperazine rings is 1. The lowest BCUT2D eigenvalue weighted by molar-refractivity contribution is -0.128. The van der Waals surface area contributed by atoms with Crippen LogP contribution < -0.4 is 14.5 Å². The predicted molar refractivity (Wildman–Crippen MR) is 165 cm³/mol. The molecule has 1 aromatic carbocycles. The fourth-order valence-electron chi connectivity index (χ4n) is 7.10. The molecule has 1 aromatic heterocycles. The molecular weight excluding hydrogens is 542 g/mol. The molecule has 0 N–H and O–H groups in total. The first-order valence-corrected chi connectivity index (χ1v) is 15.9. The Morgan fingerprint density at radius 3 is 2.84 bits per heavy atom. The minimum Gasteiger partial charge on any atom is -0.463 e. The van der Waals surface area contributed by atoms with Crippen LogP contribution in [0.15, 0.2) is 36.9 Å². The van der Waals surface area contributed by atoms with Crippen LogP contribution in [0.5, 0.6) is 6.01 Å². The van der Waals surface area contributed by atoms with Gasteiger partial charge in [-0.25, -0.2) is 0 Å². The van der Waals surface area contributed by atoms with Crippen molar-refractivity contribution < 1.29 is 14.3 Å². The zero-order chi connectivity index (χ0) is 29.6. The number of carbonyl (C=O) groups excluding carboxylic acids is 1. The van der Waals surface area contributed by atoms with E-state index in [1.165, 1.54) is 29.3 Å². The van der Waals surface area contributed by atoms with Crippen LogP contribution in [-0.4, -0.2) is 103 Å². The largest absolute Gasteiger partial charge is 0.463 e. The van der Waals surface area contributed by atoms with Crippen molar-refractivity contribution in [2.75, 3.05) is 75.4 Å². The van der Waals surface area contributed by atoms with E-state index < -0.39 is 0 Å². The lowest BCUT2D eigenvalue weighted by Gasteiger charge is -2.43. The number of nitrogens with zero attached hydrogens (tertiary/aromatic N) is 7. The summed E-state index contributed by atoms with van der Waals surface area (Å²) in [5, 5.41) is 9.53. The molecule has 228 valence electrons. The molecule has 4 aliphatic rings. The van der Waals surface area contributed by atoms with Gasteiger partial charge in [0.25, 0.3) is 0 Å². The fourth-order valence-corrected chi connectivity index (χ4v) is 7.10. The number of ether oxygens (including phenoxy) is 2. The van der Waals surface area contributed by atoms with Gasteiger partial charge in [-0.15, -0.1) is 0 Å². The number of benzene rings is 1. The van der Waals surface area contributed by atoms with Crippen LogP contribution in [0.1, 0.15) is 42.5 Å². The first-order chi connectivity index (χ1) is 21.1. The third-order valence-corrected chi connectivity index (χ3v) is 9.31. The Morgan fingerprint density at radius 1 is 1.14 bits per heavy atom. The summed E-state index contributed by atoms with van der Waals surface area (Å²) in [6.45, 7) is 11.5. The van der Waals surface area contributed by atoms with Gasteiger partial charge in [0.2, 0.25) is 5.91 Å². The Balaban J connectivity index is 1.24. The summed E-state index contributed by atoms with van der Waals surface area (Å²) >= 11 is 0. The van der Waals surface area contributed by atoms with Crippen molar-refractivity contribution in [2.45, 2.75) is 57.0 Å². The number of rotatable bonds is 9. The van der Waals surface area contributed by atoms with Crippen molar-refractivity contribution in [3.05, 3.63) is 53.7 Å². The van der Waals surface area contributed by atoms with Crippen LogP contribution in [0.25, 0.3) is 0 Å². The molecular formula is C33H43N7O3. The Bertz CT molecular complexity index is 1340. The average molecular weight is 586 g/mol. The molecule has 0 unspecified atom stereocenters. The monoisotopic (exact) mass is 585 g/mol. The molecule has 0 bridgehead atoms. The Kier molecular flexibility index (Phi) is 9.39. The summed E-state index contributed by atoms with van der Waals surface area (Å²) in [5.41, 5.74) is 5.04. The maximum absolute atomic E-state index is 12.5. The van der Waals surface area contributed by atoms with E-state index in [-0.39, 0.29) is 18.4 Å². The summed E-state index contributed by atoms with van der Waals surface area (Å²) in [7, 11) is 0. The maximum Gasteiger partial charge on any atom is 0.318 e. The number of aromatic nitrogens is 2. The Labute approximate surface area is 254 Å². The summed E-state index contributed by atoms with van der Waals surface area (Å²) in [5.74, 6) is 0.776. The SMILES string of the molecule is C=CC(=O)N1CCN(c2nc(OCCCN3CCOCC3)nc3c2CC[C@H](N2CCCc4ccccc42)C3)C[C@@H]1CC#N. The van der Waals surface area contributed by atoms with Crippen molar-refractivity contribution in [1.29, 1.82) is 5.26 Å². The van der Waals surface area contributed by atoms with Gasteiger partial charge in [-0.2, -0.15) is 15.2 Å². The number of anilines is 2. The van der Waals surface area contributed by atoms with E-state index in [0.29, 0.717) is 38.3 Å². The smallest absolute Gasteiger partial charge is 0.318 e. The highest BCUT2D eigenvalue weighted by Gasteiger charge is 2.35. The number of carbonyl (C=O) groups is 1. The van der Waals surface area contributed by atoms with Crippen LogP contribution in [0.3, 0.4) is 0 Å². The standard InChI is InChI=1S/C33H43N7O3/c1-2-31(41)40-17-16-38(24-27(40)12-13-34)32-28-11-10-26(39-15-5-8-25-7-3-4-9-30(25)39)23-29(28)35-33(36-32)43-20-6-14-37-18-21-42-22-19-37/h2-4,7,9,26-27H,1,5-6,8,10-12,14-24H2/t26-,27-/m0/s1. The van der Waals surface area contributed by atoms with Crippen molar-refractivity contribution in [3.8, 4) is 12.1 Å². The molecule has 6 rings (SSSR count). The van der Waals surface area contributed by atoms with E-state index in [1.807, 2.05) is 0 Å². The van der Waals surface area contributed by atoms with Crippen molar-refractivity contribution in [2.24, 2.45) is 0 Å². The highest BCUT2D eigenvalue weighted by molar-refractivity contribution is 5.87. The van der Waals surface area contributed by atoms with Gasteiger partial charge in [0.1, 0.15) is 5.82 Å². The van der Waals surface area contributed by atoms with Gasteiger partial charge in [0.05, 0.1) is 44.0 Å². The molecule has 3 aliphatic heterocycles. The number of hydrogen-bond donors (Lipinski definition) is 0. The molecule has 2 aromatic rings. The molecule has 10 heteroatoms. The molecule has 10 nitrogen and oxygen atoms in total. The number of fused-ring (bicyclic) bond motifs is 2. The second kappa shape index (κ2) is 13.7. The molecule has 1 amide bonds. The lowest BCUT2D eigenvalue weighted by atomic mass is 9.88. The minimum atomic E-state index is -0.214. The molecule has 4 heterocycles. The van der Waals surface area contributed by atoms with Gasteiger partial charge in [0, 0.05) is 69.5 Å². The zero-order valence-corrected chi connectivity index (χ0v) is 25.1. The zero-order valence-electron chi connectivity index (χ0n) is 25.1. The van der Waals surface area contributed by atoms with Gasteiger partial charge in [0.15, 0.2) is 0 Å². The van der Waals surface area contributed by atoms with E-state index in [9.17, 15) is 10.1 Å². The Hall–Kier alpha value is -3.68. The first-order valence-electron chi connectivity index (χ1n) is 15.9. The molecule has 43 heavy (non-hydrogen) atoms. The summed E-state index contributed by atoms with van der Waals surface area (Å²) < 4.78 is 11.7. The van der Waals surface area contributed by atoms with Gasteiger partial charge in [-0.3, -0.25) is 9.69 Å². The van der Waals surface area contributed by atoms with E-state index in [4.69, 9.17) is 19.4 Å². The third-order valence-electron chi connectivity index (χ3n) is 9.31. The molecule has 2 saturated heterocycles. The van der Waals surface area contributed by atoms with Crippen molar-refractivity contribution in [1.82, 2.24) is 19.8 Å². The normalized spacial score (nSPS) is 22.3. The van der Waals surface area contributed by atoms with Gasteiger partial charge in [-0.05, 0) is 49.8 Å². The summed E-state index contributed by atoms with van der Waals surface area (Å²) in [4.78, 5) is 31.6. The van der Waals surface area contributed by atoms with Gasteiger partial charge >= 0.3 is 6.01 Å². The van der Waals surface area contributed by atoms with E-state index in [0.717, 1.165) is 83.0 Å². The number of nitriles is 1. The van der Waals surface area contributed by atoms with Crippen LogP contribution in [0.2, 0.25) is 0 Å². The van der Waals surface area contributed by atoms with Gasteiger partial charge in [-0.1, -0.05) is 24.8 Å². The predicted octanol–water partition coefficient (Wildman–Crippen LogP) is 3.00. The van der Waals surface area contributed by atoms with E-state index >= 15 is 0 Å². The van der Waals surface area contributed by atoms with Crippen molar-refractivity contribution in [3.63, 3.8) is 0 Å². The fraction of sp³-hybridized carbons (Fsp3) is 0.576. The molecule has 1 aliphatic carbocycles. The number of para-hydroxylation sites is 1. The molecule has 2 atom stereocenters. The number of morpholine rings is 1. The van der Waals surface area contributed by atoms with Crippen LogP contribution in [0.4, 0.5) is 11.5 Å². The molecule has 0 spiro atoms. The van der Waals surface area contributed by atoms with E-state index in [1.54, 1.807) is 4.90 Å². The highest BCUT2D eigenvalue weighted by atomic mass is 16.5. The molecule has 0 saturated carbocycles. The second-order valence-electron chi connectivity index (χ2n) is 11.9. The van der Waals surface area contributed by atoms with Crippen LogP contribution in [0, 0.1) is 11.3 Å². The third kappa shape index (κ3) is 6.63. The lowest BCUT2D eigenvalue weighted by Crippen LogP contribution is -2.55. The highest BCUT2D eigenvalue weighted by Crippen LogP contribution is 2.36. The number of amides is 1. The maximum atomic E-state index is 12.5. The molecule has 0 radical (unpaired) electrons. The first kappa shape index (κ1) is 29.4. The summed E-state index contributed by atoms with van der Waals surface area (Å²) in [6.07, 6.45) is 7.58. The number of hydrogen-bond acceptors (Lipinski definition) is 9. The topological polar surface area (TPSA) is 98.1 Å². The quantitative estimate of drug-likeness (QED) is 0.325. The average Bonchev–Trinajstić information content (AvgIpc) is 3.06. The second-order valence-corrected chi connectivity index (χ2v) is 11.9. The van der Waals surface area contributed by atoms with Crippen LogP contribution in [-0.2, 0) is 28.8 Å².